The summed E-state index contributed by atoms with van der Waals surface area (Å²) in [5.41, 5.74) is 6.21. The molecule has 2 N–H and O–H groups in total. The van der Waals surface area contributed by atoms with E-state index in [1.54, 1.807) is 12.3 Å². The first-order chi connectivity index (χ1) is 10.6. The van der Waals surface area contributed by atoms with Crippen molar-refractivity contribution >= 4 is 28.4 Å². The van der Waals surface area contributed by atoms with Crippen LogP contribution in [0.2, 0.25) is 5.02 Å². The zero-order valence-corrected chi connectivity index (χ0v) is 12.1. The van der Waals surface area contributed by atoms with Gasteiger partial charge in [-0.1, -0.05) is 23.7 Å². The summed E-state index contributed by atoms with van der Waals surface area (Å²) >= 11 is 6.23. The van der Waals surface area contributed by atoms with Crippen molar-refractivity contribution in [2.24, 2.45) is 5.73 Å². The Bertz CT molecular complexity index is 936. The molecule has 6 nitrogen and oxygen atoms in total. The number of amides is 1. The summed E-state index contributed by atoms with van der Waals surface area (Å²) in [6.45, 7) is 0.104. The third-order valence-electron chi connectivity index (χ3n) is 3.25. The first-order valence-electron chi connectivity index (χ1n) is 6.46. The molecule has 0 aliphatic heterocycles. The fraction of sp³-hybridized carbons (Fsp3) is 0.0667. The van der Waals surface area contributed by atoms with Crippen molar-refractivity contribution in [3.8, 4) is 0 Å². The maximum atomic E-state index is 11.9. The predicted molar refractivity (Wildman–Crippen MR) is 82.9 cm³/mol. The number of aromatic nitrogens is 3. The van der Waals surface area contributed by atoms with E-state index in [1.165, 1.54) is 12.1 Å². The van der Waals surface area contributed by atoms with E-state index in [2.05, 4.69) is 10.1 Å². The van der Waals surface area contributed by atoms with E-state index in [0.717, 1.165) is 10.1 Å². The van der Waals surface area contributed by atoms with Gasteiger partial charge in [0.05, 0.1) is 12.1 Å². The van der Waals surface area contributed by atoms with Crippen LogP contribution in [0, 0.1) is 0 Å². The Morgan fingerprint density at radius 2 is 2.05 bits per heavy atom. The number of pyridine rings is 1. The molecule has 3 aromatic rings. The molecule has 0 atom stereocenters. The highest BCUT2D eigenvalue weighted by Gasteiger charge is 2.11. The third-order valence-corrected chi connectivity index (χ3v) is 3.60. The standard InChI is InChI=1S/C15H11ClN4O2/c16-11-4-3-9-2-1-7-18-14(9)10(11)8-20-13(21)6-5-12(19-20)15(17)22/h1-7H,8H2,(H2,17,22). The maximum absolute atomic E-state index is 11.9. The summed E-state index contributed by atoms with van der Waals surface area (Å²) in [4.78, 5) is 27.4. The number of primary amides is 1. The Balaban J connectivity index is 2.15. The van der Waals surface area contributed by atoms with Crippen LogP contribution in [0.1, 0.15) is 16.1 Å². The topological polar surface area (TPSA) is 90.9 Å². The molecular weight excluding hydrogens is 304 g/mol. The van der Waals surface area contributed by atoms with Gasteiger partial charge in [0, 0.05) is 28.2 Å². The lowest BCUT2D eigenvalue weighted by Gasteiger charge is -2.10. The van der Waals surface area contributed by atoms with Gasteiger partial charge in [-0.2, -0.15) is 5.10 Å². The van der Waals surface area contributed by atoms with E-state index in [9.17, 15) is 9.59 Å². The molecule has 0 saturated carbocycles. The van der Waals surface area contributed by atoms with Gasteiger partial charge in [-0.05, 0) is 18.2 Å². The Labute approximate surface area is 130 Å². The molecule has 0 saturated heterocycles. The van der Waals surface area contributed by atoms with E-state index in [1.807, 2.05) is 18.2 Å². The van der Waals surface area contributed by atoms with Crippen molar-refractivity contribution in [2.75, 3.05) is 0 Å². The lowest BCUT2D eigenvalue weighted by molar-refractivity contribution is 0.0993. The molecule has 2 aromatic heterocycles. The van der Waals surface area contributed by atoms with Crippen molar-refractivity contribution in [3.05, 3.63) is 69.2 Å². The van der Waals surface area contributed by atoms with Crippen LogP contribution in [0.3, 0.4) is 0 Å². The summed E-state index contributed by atoms with van der Waals surface area (Å²) in [5, 5.41) is 5.34. The number of halogens is 1. The molecule has 0 spiro atoms. The quantitative estimate of drug-likeness (QED) is 0.794. The first-order valence-corrected chi connectivity index (χ1v) is 6.84. The first kappa shape index (κ1) is 14.2. The summed E-state index contributed by atoms with van der Waals surface area (Å²) in [5.74, 6) is -0.698. The van der Waals surface area contributed by atoms with Crippen molar-refractivity contribution < 1.29 is 4.79 Å². The number of carbonyl (C=O) groups excluding carboxylic acids is 1. The van der Waals surface area contributed by atoms with Crippen LogP contribution in [0.15, 0.2) is 47.4 Å². The number of rotatable bonds is 3. The summed E-state index contributed by atoms with van der Waals surface area (Å²) in [7, 11) is 0. The SMILES string of the molecule is NC(=O)c1ccc(=O)n(Cc2c(Cl)ccc3cccnc23)n1. The maximum Gasteiger partial charge on any atom is 0.269 e. The third kappa shape index (κ3) is 2.56. The highest BCUT2D eigenvalue weighted by Crippen LogP contribution is 2.24. The highest BCUT2D eigenvalue weighted by molar-refractivity contribution is 6.32. The lowest BCUT2D eigenvalue weighted by Crippen LogP contribution is -2.27. The molecule has 0 aliphatic rings. The molecule has 110 valence electrons. The van der Waals surface area contributed by atoms with Crippen molar-refractivity contribution in [1.82, 2.24) is 14.8 Å². The molecule has 1 amide bonds. The molecule has 2 heterocycles. The van der Waals surface area contributed by atoms with E-state index in [-0.39, 0.29) is 17.8 Å². The van der Waals surface area contributed by atoms with Crippen LogP contribution < -0.4 is 11.3 Å². The van der Waals surface area contributed by atoms with Crippen molar-refractivity contribution in [1.29, 1.82) is 0 Å². The second kappa shape index (κ2) is 5.57. The van der Waals surface area contributed by atoms with Crippen LogP contribution in [-0.2, 0) is 6.54 Å². The van der Waals surface area contributed by atoms with Gasteiger partial charge in [0.1, 0.15) is 5.69 Å². The van der Waals surface area contributed by atoms with E-state index in [0.29, 0.717) is 16.1 Å². The van der Waals surface area contributed by atoms with Gasteiger partial charge in [0.15, 0.2) is 0 Å². The van der Waals surface area contributed by atoms with Gasteiger partial charge < -0.3 is 5.73 Å². The Hall–Kier alpha value is -2.73. The summed E-state index contributed by atoms with van der Waals surface area (Å²) < 4.78 is 1.15. The molecule has 22 heavy (non-hydrogen) atoms. The molecule has 0 radical (unpaired) electrons. The number of hydrogen-bond acceptors (Lipinski definition) is 4. The van der Waals surface area contributed by atoms with Gasteiger partial charge in [-0.15, -0.1) is 0 Å². The second-order valence-corrected chi connectivity index (χ2v) is 5.09. The minimum atomic E-state index is -0.698. The normalized spacial score (nSPS) is 10.8. The predicted octanol–water partition coefficient (Wildman–Crippen LogP) is 1.59. The number of nitrogens with zero attached hydrogens (tertiary/aromatic N) is 3. The van der Waals surface area contributed by atoms with Crippen molar-refractivity contribution in [2.45, 2.75) is 6.54 Å². The van der Waals surface area contributed by atoms with E-state index in [4.69, 9.17) is 17.3 Å². The van der Waals surface area contributed by atoms with Crippen LogP contribution in [0.4, 0.5) is 0 Å². The summed E-state index contributed by atoms with van der Waals surface area (Å²) in [6.07, 6.45) is 1.65. The Morgan fingerprint density at radius 1 is 1.23 bits per heavy atom. The van der Waals surface area contributed by atoms with Gasteiger partial charge in [0.2, 0.25) is 0 Å². The monoisotopic (exact) mass is 314 g/mol. The van der Waals surface area contributed by atoms with Crippen LogP contribution in [0.5, 0.6) is 0 Å². The minimum absolute atomic E-state index is 0.0175. The van der Waals surface area contributed by atoms with Gasteiger partial charge in [-0.3, -0.25) is 14.6 Å². The number of fused-ring (bicyclic) bond motifs is 1. The number of hydrogen-bond donors (Lipinski definition) is 1. The van der Waals surface area contributed by atoms with Crippen LogP contribution in [-0.4, -0.2) is 20.7 Å². The highest BCUT2D eigenvalue weighted by atomic mass is 35.5. The zero-order valence-electron chi connectivity index (χ0n) is 11.4. The fourth-order valence-electron chi connectivity index (χ4n) is 2.17. The molecule has 3 rings (SSSR count). The second-order valence-electron chi connectivity index (χ2n) is 4.68. The molecule has 0 bridgehead atoms. The zero-order chi connectivity index (χ0) is 15.7. The Morgan fingerprint density at radius 3 is 2.82 bits per heavy atom. The molecule has 0 fully saturated rings. The smallest absolute Gasteiger partial charge is 0.269 e. The van der Waals surface area contributed by atoms with Crippen LogP contribution >= 0.6 is 11.6 Å². The molecule has 0 aliphatic carbocycles. The lowest BCUT2D eigenvalue weighted by atomic mass is 10.1. The molecule has 0 unspecified atom stereocenters. The van der Waals surface area contributed by atoms with Crippen LogP contribution in [0.25, 0.3) is 10.9 Å². The Kier molecular flexibility index (Phi) is 3.60. The number of benzene rings is 1. The average molecular weight is 315 g/mol. The van der Waals surface area contributed by atoms with Gasteiger partial charge in [-0.25, -0.2) is 4.68 Å². The van der Waals surface area contributed by atoms with Crippen molar-refractivity contribution in [3.63, 3.8) is 0 Å². The molecule has 7 heteroatoms. The fourth-order valence-corrected chi connectivity index (χ4v) is 2.39. The summed E-state index contributed by atoms with van der Waals surface area (Å²) in [6, 6.07) is 9.86. The molecule has 1 aromatic carbocycles. The molecular formula is C15H11ClN4O2. The largest absolute Gasteiger partial charge is 0.364 e. The van der Waals surface area contributed by atoms with E-state index >= 15 is 0 Å². The minimum Gasteiger partial charge on any atom is -0.364 e. The number of carbonyl (C=O) groups is 1. The van der Waals surface area contributed by atoms with Gasteiger partial charge >= 0.3 is 0 Å². The average Bonchev–Trinajstić information content (AvgIpc) is 2.51. The number of nitrogens with two attached hydrogens (primary N) is 1. The van der Waals surface area contributed by atoms with E-state index < -0.39 is 5.91 Å². The van der Waals surface area contributed by atoms with Gasteiger partial charge in [0.25, 0.3) is 11.5 Å².